The lowest BCUT2D eigenvalue weighted by Gasteiger charge is -2.15. The second-order valence-corrected chi connectivity index (χ2v) is 4.31. The number of aldehydes is 1. The van der Waals surface area contributed by atoms with Gasteiger partial charge >= 0.3 is 0 Å². The molecule has 0 aliphatic rings. The van der Waals surface area contributed by atoms with Crippen LogP contribution < -0.4 is 10.3 Å². The van der Waals surface area contributed by atoms with E-state index < -0.39 is 6.10 Å². The fourth-order valence-corrected chi connectivity index (χ4v) is 1.93. The van der Waals surface area contributed by atoms with Crippen LogP contribution in [-0.2, 0) is 20.8 Å². The number of carbonyl (C=O) groups excluding carboxylic acids is 1. The van der Waals surface area contributed by atoms with Gasteiger partial charge < -0.3 is 23.6 Å². The second kappa shape index (κ2) is 6.96. The van der Waals surface area contributed by atoms with Crippen molar-refractivity contribution in [2.75, 3.05) is 21.0 Å². The first-order valence-corrected chi connectivity index (χ1v) is 6.29. The van der Waals surface area contributed by atoms with E-state index in [0.29, 0.717) is 23.1 Å². The molecule has 0 radical (unpaired) electrons. The van der Waals surface area contributed by atoms with Crippen molar-refractivity contribution in [1.29, 1.82) is 0 Å². The molecule has 0 aliphatic heterocycles. The van der Waals surface area contributed by atoms with Crippen molar-refractivity contribution in [2.45, 2.75) is 12.6 Å². The number of hydrogen-bond acceptors (Lipinski definition) is 6. The molecule has 1 heterocycles. The fraction of sp³-hybridized carbons (Fsp3) is 0.357. The quantitative estimate of drug-likeness (QED) is 0.549. The number of methoxy groups -OCH3 is 2. The molecular formula is C14H16N2O5. The van der Waals surface area contributed by atoms with Crippen molar-refractivity contribution < 1.29 is 19.0 Å². The van der Waals surface area contributed by atoms with Crippen LogP contribution in [0.5, 0.6) is 5.75 Å². The fourth-order valence-electron chi connectivity index (χ4n) is 1.93. The molecule has 0 saturated carbocycles. The molecule has 21 heavy (non-hydrogen) atoms. The third-order valence-corrected chi connectivity index (χ3v) is 2.97. The van der Waals surface area contributed by atoms with Crippen LogP contribution in [0.2, 0.25) is 0 Å². The molecule has 0 spiro atoms. The number of benzene rings is 1. The summed E-state index contributed by atoms with van der Waals surface area (Å²) in [5.41, 5.74) is 0.894. The maximum absolute atomic E-state index is 12.0. The van der Waals surface area contributed by atoms with Gasteiger partial charge in [0.05, 0.1) is 30.9 Å². The van der Waals surface area contributed by atoms with Crippen molar-refractivity contribution >= 4 is 17.3 Å². The molecular weight excluding hydrogens is 276 g/mol. The van der Waals surface area contributed by atoms with Gasteiger partial charge in [-0.1, -0.05) is 0 Å². The Hall–Kier alpha value is -2.25. The first kappa shape index (κ1) is 15.1. The summed E-state index contributed by atoms with van der Waals surface area (Å²) in [5.74, 6) is 0.601. The van der Waals surface area contributed by atoms with E-state index in [2.05, 4.69) is 4.98 Å². The Balaban J connectivity index is 2.43. The van der Waals surface area contributed by atoms with Gasteiger partial charge in [0, 0.05) is 13.2 Å². The monoisotopic (exact) mass is 292 g/mol. The van der Waals surface area contributed by atoms with Crippen LogP contribution in [-0.4, -0.2) is 43.0 Å². The Kier molecular flexibility index (Phi) is 5.02. The lowest BCUT2D eigenvalue weighted by Crippen LogP contribution is -2.30. The summed E-state index contributed by atoms with van der Waals surface area (Å²) in [6.45, 7) is 0.0579. The first-order chi connectivity index (χ1) is 10.2. The van der Waals surface area contributed by atoms with E-state index in [4.69, 9.17) is 14.2 Å². The van der Waals surface area contributed by atoms with Gasteiger partial charge in [0.1, 0.15) is 18.6 Å². The van der Waals surface area contributed by atoms with E-state index in [-0.39, 0.29) is 18.9 Å². The number of fused-ring (bicyclic) bond motifs is 1. The molecule has 2 aromatic rings. The number of nitrogens with zero attached hydrogens (tertiary/aromatic N) is 2. The molecule has 112 valence electrons. The highest BCUT2D eigenvalue weighted by Gasteiger charge is 2.13. The van der Waals surface area contributed by atoms with Gasteiger partial charge in [-0.2, -0.15) is 0 Å². The predicted molar refractivity (Wildman–Crippen MR) is 75.4 cm³/mol. The van der Waals surface area contributed by atoms with Gasteiger partial charge in [0.25, 0.3) is 5.56 Å². The van der Waals surface area contributed by atoms with Gasteiger partial charge in [-0.15, -0.1) is 0 Å². The minimum Gasteiger partial charge on any atom is -0.497 e. The molecule has 0 bridgehead atoms. The Morgan fingerprint density at radius 3 is 2.86 bits per heavy atom. The van der Waals surface area contributed by atoms with E-state index in [1.165, 1.54) is 25.0 Å². The molecule has 1 unspecified atom stereocenters. The lowest BCUT2D eigenvalue weighted by molar-refractivity contribution is -0.128. The van der Waals surface area contributed by atoms with Crippen molar-refractivity contribution in [3.05, 3.63) is 34.7 Å². The van der Waals surface area contributed by atoms with Gasteiger partial charge in [0.15, 0.2) is 6.29 Å². The molecule has 1 aromatic carbocycles. The SMILES string of the molecule is COCOC(C=O)Cn1c(=O)cnc2ccc(OC)cc21. The van der Waals surface area contributed by atoms with Crippen LogP contribution in [0.25, 0.3) is 11.0 Å². The Morgan fingerprint density at radius 2 is 2.19 bits per heavy atom. The number of hydrogen-bond donors (Lipinski definition) is 0. The molecule has 0 saturated heterocycles. The van der Waals surface area contributed by atoms with Crippen LogP contribution in [0.1, 0.15) is 0 Å². The van der Waals surface area contributed by atoms with Gasteiger partial charge in [-0.3, -0.25) is 4.79 Å². The van der Waals surface area contributed by atoms with Crippen LogP contribution in [0.4, 0.5) is 0 Å². The number of aromatic nitrogens is 2. The maximum atomic E-state index is 12.0. The van der Waals surface area contributed by atoms with Crippen molar-refractivity contribution in [2.24, 2.45) is 0 Å². The van der Waals surface area contributed by atoms with E-state index in [1.807, 2.05) is 0 Å². The molecule has 2 rings (SSSR count). The molecule has 0 fully saturated rings. The zero-order valence-electron chi connectivity index (χ0n) is 11.8. The molecule has 0 amide bonds. The summed E-state index contributed by atoms with van der Waals surface area (Å²) in [4.78, 5) is 27.1. The lowest BCUT2D eigenvalue weighted by atomic mass is 10.2. The zero-order valence-corrected chi connectivity index (χ0v) is 11.8. The van der Waals surface area contributed by atoms with Gasteiger partial charge in [-0.05, 0) is 12.1 Å². The van der Waals surface area contributed by atoms with Gasteiger partial charge in [-0.25, -0.2) is 4.98 Å². The van der Waals surface area contributed by atoms with Crippen LogP contribution in [0, 0.1) is 0 Å². The van der Waals surface area contributed by atoms with E-state index >= 15 is 0 Å². The second-order valence-electron chi connectivity index (χ2n) is 4.31. The van der Waals surface area contributed by atoms with Crippen LogP contribution >= 0.6 is 0 Å². The third kappa shape index (κ3) is 3.45. The molecule has 7 nitrogen and oxygen atoms in total. The Labute approximate surface area is 121 Å². The van der Waals surface area contributed by atoms with Gasteiger partial charge in [0.2, 0.25) is 0 Å². The summed E-state index contributed by atoms with van der Waals surface area (Å²) in [7, 11) is 3.00. The summed E-state index contributed by atoms with van der Waals surface area (Å²) in [6, 6.07) is 5.20. The minimum absolute atomic E-state index is 0.0233. The third-order valence-electron chi connectivity index (χ3n) is 2.97. The summed E-state index contributed by atoms with van der Waals surface area (Å²) in [6.07, 6.45) is 1.07. The Morgan fingerprint density at radius 1 is 1.38 bits per heavy atom. The van der Waals surface area contributed by atoms with Crippen molar-refractivity contribution in [1.82, 2.24) is 9.55 Å². The van der Waals surface area contributed by atoms with Crippen LogP contribution in [0.15, 0.2) is 29.2 Å². The number of rotatable bonds is 7. The predicted octanol–water partition coefficient (Wildman–Crippen LogP) is 0.593. The highest BCUT2D eigenvalue weighted by Crippen LogP contribution is 2.18. The largest absolute Gasteiger partial charge is 0.497 e. The Bertz CT molecular complexity index is 683. The molecule has 7 heteroatoms. The van der Waals surface area contributed by atoms with Crippen LogP contribution in [0.3, 0.4) is 0 Å². The highest BCUT2D eigenvalue weighted by molar-refractivity contribution is 5.76. The smallest absolute Gasteiger partial charge is 0.269 e. The van der Waals surface area contributed by atoms with E-state index in [0.717, 1.165) is 0 Å². The van der Waals surface area contributed by atoms with Crippen molar-refractivity contribution in [3.8, 4) is 5.75 Å². The summed E-state index contributed by atoms with van der Waals surface area (Å²) in [5, 5.41) is 0. The normalized spacial score (nSPS) is 12.3. The average molecular weight is 292 g/mol. The maximum Gasteiger partial charge on any atom is 0.269 e. The average Bonchev–Trinajstić information content (AvgIpc) is 2.52. The summed E-state index contributed by atoms with van der Waals surface area (Å²) < 4.78 is 16.5. The standard InChI is InChI=1S/C14H16N2O5/c1-19-9-21-11(8-17)7-16-13-5-10(20-2)3-4-12(13)15-6-14(16)18/h3-6,8,11H,7,9H2,1-2H3. The molecule has 0 N–H and O–H groups in total. The first-order valence-electron chi connectivity index (χ1n) is 6.29. The molecule has 1 aromatic heterocycles. The highest BCUT2D eigenvalue weighted by atomic mass is 16.7. The summed E-state index contributed by atoms with van der Waals surface area (Å²) >= 11 is 0. The number of carbonyl (C=O) groups is 1. The zero-order chi connectivity index (χ0) is 15.2. The topological polar surface area (TPSA) is 79.7 Å². The molecule has 1 atom stereocenters. The van der Waals surface area contributed by atoms with E-state index in [1.54, 1.807) is 18.2 Å². The number of ether oxygens (including phenoxy) is 3. The van der Waals surface area contributed by atoms with E-state index in [9.17, 15) is 9.59 Å². The minimum atomic E-state index is -0.778. The molecule has 0 aliphatic carbocycles. The van der Waals surface area contributed by atoms with Crippen molar-refractivity contribution in [3.63, 3.8) is 0 Å².